The molecule has 5 N–H and O–H groups in total. The zero-order valence-corrected chi connectivity index (χ0v) is 45.2. The van der Waals surface area contributed by atoms with E-state index in [1.807, 2.05) is 0 Å². The highest BCUT2D eigenvalue weighted by Crippen LogP contribution is 2.18. The molecule has 0 saturated carbocycles. The molecule has 0 rings (SSSR count). The monoisotopic (exact) mass is 946 g/mol. The number of rotatable bonds is 56. The predicted octanol–water partition coefficient (Wildman–Crippen LogP) is 17.8. The Kier molecular flexibility index (Phi) is 54.7. The summed E-state index contributed by atoms with van der Waals surface area (Å²) >= 11 is 0. The first-order chi connectivity index (χ1) is 33.0. The SMILES string of the molecule is CCCCCCCCCCCCCCC/C=C/CC/C=C/CCCC(O)C(O)C(CO)NC(=O)C(O)CCCCCCCCCCCCCCCCCCCCCCCCCCCCCCC. The van der Waals surface area contributed by atoms with E-state index in [1.54, 1.807) is 0 Å². The summed E-state index contributed by atoms with van der Waals surface area (Å²) < 4.78 is 0. The van der Waals surface area contributed by atoms with Crippen LogP contribution in [-0.2, 0) is 4.79 Å². The predicted molar refractivity (Wildman–Crippen MR) is 293 cm³/mol. The molecule has 0 bridgehead atoms. The Morgan fingerprint density at radius 2 is 0.627 bits per heavy atom. The zero-order chi connectivity index (χ0) is 48.8. The van der Waals surface area contributed by atoms with Gasteiger partial charge in [-0.2, -0.15) is 0 Å². The fraction of sp³-hybridized carbons (Fsp3) is 0.918. The molecule has 4 unspecified atom stereocenters. The first-order valence-electron chi connectivity index (χ1n) is 30.2. The summed E-state index contributed by atoms with van der Waals surface area (Å²) in [6.07, 6.45) is 68.4. The number of allylic oxidation sites excluding steroid dienone is 4. The third-order valence-electron chi connectivity index (χ3n) is 14.4. The summed E-state index contributed by atoms with van der Waals surface area (Å²) in [6.45, 7) is 4.08. The van der Waals surface area contributed by atoms with Crippen molar-refractivity contribution in [1.29, 1.82) is 0 Å². The molecule has 4 atom stereocenters. The van der Waals surface area contributed by atoms with Gasteiger partial charge in [-0.3, -0.25) is 4.79 Å². The van der Waals surface area contributed by atoms with Crippen LogP contribution in [0.4, 0.5) is 0 Å². The fourth-order valence-electron chi connectivity index (χ4n) is 9.66. The Balaban J connectivity index is 3.61. The molecule has 0 aliphatic heterocycles. The van der Waals surface area contributed by atoms with E-state index in [0.29, 0.717) is 19.3 Å². The van der Waals surface area contributed by atoms with Gasteiger partial charge in [0.15, 0.2) is 0 Å². The Bertz CT molecular complexity index is 1020. The number of unbranched alkanes of at least 4 members (excludes halogenated alkanes) is 43. The maximum absolute atomic E-state index is 12.6. The number of carbonyl (C=O) groups is 1. The van der Waals surface area contributed by atoms with Gasteiger partial charge in [0.2, 0.25) is 5.91 Å². The number of hydrogen-bond donors (Lipinski definition) is 5. The molecule has 0 aliphatic carbocycles. The summed E-state index contributed by atoms with van der Waals surface area (Å²) in [5.41, 5.74) is 0. The lowest BCUT2D eigenvalue weighted by Gasteiger charge is -2.27. The number of nitrogens with one attached hydrogen (secondary N) is 1. The molecule has 0 spiro atoms. The van der Waals surface area contributed by atoms with Gasteiger partial charge in [-0.15, -0.1) is 0 Å². The first-order valence-corrected chi connectivity index (χ1v) is 30.2. The lowest BCUT2D eigenvalue weighted by atomic mass is 10.00. The smallest absolute Gasteiger partial charge is 0.249 e. The maximum atomic E-state index is 12.6. The lowest BCUT2D eigenvalue weighted by molar-refractivity contribution is -0.132. The molecular weight excluding hydrogens is 827 g/mol. The largest absolute Gasteiger partial charge is 0.394 e. The third-order valence-corrected chi connectivity index (χ3v) is 14.4. The number of aliphatic hydroxyl groups is 4. The number of hydrogen-bond acceptors (Lipinski definition) is 5. The van der Waals surface area contributed by atoms with Gasteiger partial charge in [-0.25, -0.2) is 0 Å². The molecule has 0 aromatic carbocycles. The summed E-state index contributed by atoms with van der Waals surface area (Å²) in [6, 6.07) is -1.01. The van der Waals surface area contributed by atoms with Crippen molar-refractivity contribution < 1.29 is 25.2 Å². The van der Waals surface area contributed by atoms with Crippen molar-refractivity contribution >= 4 is 5.91 Å². The van der Waals surface area contributed by atoms with Crippen LogP contribution in [0.25, 0.3) is 0 Å². The van der Waals surface area contributed by atoms with E-state index in [0.717, 1.165) is 38.5 Å². The van der Waals surface area contributed by atoms with E-state index in [-0.39, 0.29) is 0 Å². The van der Waals surface area contributed by atoms with Crippen LogP contribution in [-0.4, -0.2) is 57.3 Å². The Labute approximate surface area is 418 Å². The highest BCUT2D eigenvalue weighted by Gasteiger charge is 2.28. The molecule has 0 fully saturated rings. The molecule has 0 aliphatic rings. The standard InChI is InChI=1S/C61H119NO5/c1-3-5-7-9-11-13-15-17-19-21-23-25-27-28-29-30-31-32-33-35-37-39-41-43-45-47-49-51-53-55-59(65)61(67)62-57(56-63)60(66)58(64)54-52-50-48-46-44-42-40-38-36-34-26-24-22-20-18-16-14-12-10-8-6-4-2/h38,40,46,48,57-60,63-66H,3-37,39,41-45,47,49-56H2,1-2H3,(H,62,67)/b40-38+,48-46+. The van der Waals surface area contributed by atoms with Crippen LogP contribution in [0.5, 0.6) is 0 Å². The molecule has 1 amide bonds. The highest BCUT2D eigenvalue weighted by molar-refractivity contribution is 5.80. The van der Waals surface area contributed by atoms with Gasteiger partial charge in [0.25, 0.3) is 0 Å². The quantitative estimate of drug-likeness (QED) is 0.0308. The second-order valence-electron chi connectivity index (χ2n) is 21.0. The second-order valence-corrected chi connectivity index (χ2v) is 21.0. The van der Waals surface area contributed by atoms with Crippen LogP contribution >= 0.6 is 0 Å². The van der Waals surface area contributed by atoms with Gasteiger partial charge in [0.1, 0.15) is 12.2 Å². The Morgan fingerprint density at radius 3 is 0.940 bits per heavy atom. The third kappa shape index (κ3) is 49.6. The van der Waals surface area contributed by atoms with E-state index in [4.69, 9.17) is 0 Å². The molecule has 0 radical (unpaired) electrons. The first kappa shape index (κ1) is 65.8. The van der Waals surface area contributed by atoms with Crippen molar-refractivity contribution in [2.24, 2.45) is 0 Å². The zero-order valence-electron chi connectivity index (χ0n) is 45.2. The van der Waals surface area contributed by atoms with E-state index in [9.17, 15) is 25.2 Å². The lowest BCUT2D eigenvalue weighted by Crippen LogP contribution is -2.53. The number of amides is 1. The molecule has 0 aromatic heterocycles. The van der Waals surface area contributed by atoms with Gasteiger partial charge in [0.05, 0.1) is 18.8 Å². The van der Waals surface area contributed by atoms with Gasteiger partial charge in [0, 0.05) is 0 Å². The number of aliphatic hydroxyl groups excluding tert-OH is 4. The van der Waals surface area contributed by atoms with Gasteiger partial charge in [-0.1, -0.05) is 301 Å². The van der Waals surface area contributed by atoms with E-state index >= 15 is 0 Å². The normalized spacial score (nSPS) is 13.8. The van der Waals surface area contributed by atoms with E-state index in [1.165, 1.54) is 257 Å². The van der Waals surface area contributed by atoms with Gasteiger partial charge < -0.3 is 25.7 Å². The van der Waals surface area contributed by atoms with Crippen LogP contribution in [0.2, 0.25) is 0 Å². The van der Waals surface area contributed by atoms with Gasteiger partial charge in [-0.05, 0) is 51.4 Å². The maximum Gasteiger partial charge on any atom is 0.249 e. The second kappa shape index (κ2) is 55.7. The highest BCUT2D eigenvalue weighted by atomic mass is 16.3. The molecule has 6 heteroatoms. The molecule has 0 heterocycles. The average molecular weight is 947 g/mol. The molecule has 0 saturated heterocycles. The minimum absolute atomic E-state index is 0.365. The Hall–Kier alpha value is -1.21. The molecular formula is C61H119NO5. The molecule has 67 heavy (non-hydrogen) atoms. The van der Waals surface area contributed by atoms with E-state index < -0.39 is 36.9 Å². The van der Waals surface area contributed by atoms with Gasteiger partial charge >= 0.3 is 0 Å². The minimum Gasteiger partial charge on any atom is -0.394 e. The van der Waals surface area contributed by atoms with Crippen molar-refractivity contribution in [3.05, 3.63) is 24.3 Å². The van der Waals surface area contributed by atoms with Crippen LogP contribution in [0, 0.1) is 0 Å². The van der Waals surface area contributed by atoms with Crippen molar-refractivity contribution in [1.82, 2.24) is 5.32 Å². The van der Waals surface area contributed by atoms with Crippen molar-refractivity contribution in [3.8, 4) is 0 Å². The summed E-state index contributed by atoms with van der Waals surface area (Å²) in [5.74, 6) is -0.591. The van der Waals surface area contributed by atoms with Crippen molar-refractivity contribution in [2.45, 2.75) is 353 Å². The van der Waals surface area contributed by atoms with Crippen LogP contribution in [0.15, 0.2) is 24.3 Å². The summed E-state index contributed by atoms with van der Waals surface area (Å²) in [7, 11) is 0. The number of carbonyl (C=O) groups excluding carboxylic acids is 1. The molecule has 0 aromatic rings. The molecule has 6 nitrogen and oxygen atoms in total. The van der Waals surface area contributed by atoms with Crippen molar-refractivity contribution in [3.63, 3.8) is 0 Å². The summed E-state index contributed by atoms with van der Waals surface area (Å²) in [5, 5.41) is 44.0. The topological polar surface area (TPSA) is 110 Å². The molecule has 398 valence electrons. The van der Waals surface area contributed by atoms with Crippen LogP contribution in [0.1, 0.15) is 328 Å². The van der Waals surface area contributed by atoms with Crippen molar-refractivity contribution in [2.75, 3.05) is 6.61 Å². The van der Waals surface area contributed by atoms with Crippen LogP contribution < -0.4 is 5.32 Å². The minimum atomic E-state index is -1.29. The average Bonchev–Trinajstić information content (AvgIpc) is 3.33. The van der Waals surface area contributed by atoms with E-state index in [2.05, 4.69) is 43.5 Å². The fourth-order valence-corrected chi connectivity index (χ4v) is 9.66. The van der Waals surface area contributed by atoms with Crippen LogP contribution in [0.3, 0.4) is 0 Å². The Morgan fingerprint density at radius 1 is 0.358 bits per heavy atom. The summed E-state index contributed by atoms with van der Waals surface area (Å²) in [4.78, 5) is 12.6.